The number of hydrogen-bond acceptors (Lipinski definition) is 4. The van der Waals surface area contributed by atoms with Gasteiger partial charge in [-0.15, -0.1) is 0 Å². The Hall–Kier alpha value is -1.34. The molecule has 1 aliphatic heterocycles. The lowest BCUT2D eigenvalue weighted by atomic mass is 10.1. The zero-order chi connectivity index (χ0) is 15.2. The van der Waals surface area contributed by atoms with Gasteiger partial charge in [0.25, 0.3) is 0 Å². The first-order chi connectivity index (χ1) is 9.30. The number of hydrogen-bond donors (Lipinski definition) is 2. The fraction of sp³-hybridized carbons (Fsp3) is 0.846. The zero-order valence-corrected chi connectivity index (χ0v) is 12.5. The van der Waals surface area contributed by atoms with Crippen molar-refractivity contribution in [2.45, 2.75) is 26.3 Å². The molecule has 1 heterocycles. The Bertz CT molecular complexity index is 335. The Labute approximate surface area is 119 Å². The molecule has 0 aromatic heterocycles. The van der Waals surface area contributed by atoms with Gasteiger partial charge in [-0.2, -0.15) is 0 Å². The van der Waals surface area contributed by atoms with Crippen molar-refractivity contribution >= 4 is 12.0 Å². The van der Waals surface area contributed by atoms with E-state index in [1.165, 1.54) is 4.90 Å². The maximum absolute atomic E-state index is 12.1. The van der Waals surface area contributed by atoms with E-state index in [4.69, 9.17) is 9.84 Å². The molecule has 1 aliphatic rings. The molecule has 20 heavy (non-hydrogen) atoms. The highest BCUT2D eigenvalue weighted by Crippen LogP contribution is 2.12. The highest BCUT2D eigenvalue weighted by atomic mass is 16.5. The molecule has 2 amide bonds. The van der Waals surface area contributed by atoms with Gasteiger partial charge in [0.05, 0.1) is 13.2 Å². The minimum atomic E-state index is -1.01. The lowest BCUT2D eigenvalue weighted by Crippen LogP contribution is -2.53. The third kappa shape index (κ3) is 5.75. The monoisotopic (exact) mass is 287 g/mol. The smallest absolute Gasteiger partial charge is 0.323 e. The van der Waals surface area contributed by atoms with Crippen molar-refractivity contribution in [3.8, 4) is 0 Å². The highest BCUT2D eigenvalue weighted by Gasteiger charge is 2.28. The first kappa shape index (κ1) is 16.7. The standard InChI is InChI=1S/C13H25N3O4/c1-13(2,3)16(10-11(17)18)12(19)14-4-5-15-6-8-20-9-7-15/h4-10H2,1-3H3,(H,14,19)(H,17,18). The van der Waals surface area contributed by atoms with Gasteiger partial charge in [-0.1, -0.05) is 0 Å². The van der Waals surface area contributed by atoms with Crippen LogP contribution in [-0.4, -0.2) is 78.4 Å². The fourth-order valence-corrected chi connectivity index (χ4v) is 1.99. The van der Waals surface area contributed by atoms with Crippen LogP contribution in [0.4, 0.5) is 4.79 Å². The number of rotatable bonds is 5. The molecule has 1 fully saturated rings. The van der Waals surface area contributed by atoms with Crippen LogP contribution in [0.2, 0.25) is 0 Å². The van der Waals surface area contributed by atoms with E-state index in [0.717, 1.165) is 32.8 Å². The van der Waals surface area contributed by atoms with E-state index < -0.39 is 11.5 Å². The van der Waals surface area contributed by atoms with Crippen LogP contribution in [0.1, 0.15) is 20.8 Å². The third-order valence-electron chi connectivity index (χ3n) is 3.16. The van der Waals surface area contributed by atoms with Crippen molar-refractivity contribution in [3.63, 3.8) is 0 Å². The van der Waals surface area contributed by atoms with E-state index in [1.807, 2.05) is 20.8 Å². The number of nitrogens with one attached hydrogen (secondary N) is 1. The van der Waals surface area contributed by atoms with Gasteiger partial charge in [0, 0.05) is 31.7 Å². The summed E-state index contributed by atoms with van der Waals surface area (Å²) in [5.74, 6) is -1.01. The lowest BCUT2D eigenvalue weighted by molar-refractivity contribution is -0.138. The Kier molecular flexibility index (Phi) is 6.22. The van der Waals surface area contributed by atoms with E-state index in [1.54, 1.807) is 0 Å². The second-order valence-electron chi connectivity index (χ2n) is 5.84. The van der Waals surface area contributed by atoms with Gasteiger partial charge in [-0.25, -0.2) is 4.79 Å². The average Bonchev–Trinajstić information content (AvgIpc) is 2.35. The molecule has 2 N–H and O–H groups in total. The quantitative estimate of drug-likeness (QED) is 0.755. The Balaban J connectivity index is 2.39. The summed E-state index contributed by atoms with van der Waals surface area (Å²) in [6, 6.07) is -0.340. The van der Waals surface area contributed by atoms with Gasteiger partial charge in [-0.05, 0) is 20.8 Å². The predicted octanol–water partition coefficient (Wildman–Crippen LogP) is 0.213. The summed E-state index contributed by atoms with van der Waals surface area (Å²) in [5.41, 5.74) is -0.526. The molecule has 0 aromatic rings. The van der Waals surface area contributed by atoms with Crippen LogP contribution in [0.15, 0.2) is 0 Å². The molecule has 0 aliphatic carbocycles. The molecule has 1 rings (SSSR count). The van der Waals surface area contributed by atoms with E-state index >= 15 is 0 Å². The molecular formula is C13H25N3O4. The van der Waals surface area contributed by atoms with Gasteiger partial charge in [0.1, 0.15) is 6.54 Å². The summed E-state index contributed by atoms with van der Waals surface area (Å²) in [7, 11) is 0. The molecule has 0 saturated carbocycles. The summed E-state index contributed by atoms with van der Waals surface area (Å²) >= 11 is 0. The molecule has 116 valence electrons. The minimum absolute atomic E-state index is 0.299. The Morgan fingerprint density at radius 3 is 2.40 bits per heavy atom. The van der Waals surface area contributed by atoms with Crippen LogP contribution in [0.25, 0.3) is 0 Å². The summed E-state index contributed by atoms with van der Waals surface area (Å²) in [4.78, 5) is 26.5. The molecule has 0 atom stereocenters. The number of aliphatic carboxylic acids is 1. The molecule has 1 saturated heterocycles. The second-order valence-corrected chi connectivity index (χ2v) is 5.84. The fourth-order valence-electron chi connectivity index (χ4n) is 1.99. The number of carboxylic acids is 1. The lowest BCUT2D eigenvalue weighted by Gasteiger charge is -2.34. The summed E-state index contributed by atoms with van der Waals surface area (Å²) in [6.45, 7) is 9.59. The van der Waals surface area contributed by atoms with E-state index in [2.05, 4.69) is 10.2 Å². The van der Waals surface area contributed by atoms with Gasteiger partial charge in [-0.3, -0.25) is 9.69 Å². The molecule has 0 spiro atoms. The van der Waals surface area contributed by atoms with Crippen LogP contribution >= 0.6 is 0 Å². The number of amides is 2. The van der Waals surface area contributed by atoms with Gasteiger partial charge >= 0.3 is 12.0 Å². The summed E-state index contributed by atoms with van der Waals surface area (Å²) in [5, 5.41) is 11.7. The highest BCUT2D eigenvalue weighted by molar-refractivity contribution is 5.80. The number of carbonyl (C=O) groups is 2. The zero-order valence-electron chi connectivity index (χ0n) is 12.5. The number of morpholine rings is 1. The topological polar surface area (TPSA) is 82.1 Å². The maximum Gasteiger partial charge on any atom is 0.323 e. The number of urea groups is 1. The minimum Gasteiger partial charge on any atom is -0.480 e. The van der Waals surface area contributed by atoms with Crippen LogP contribution in [0.3, 0.4) is 0 Å². The Morgan fingerprint density at radius 1 is 1.30 bits per heavy atom. The largest absolute Gasteiger partial charge is 0.480 e. The van der Waals surface area contributed by atoms with Crippen LogP contribution in [0.5, 0.6) is 0 Å². The van der Waals surface area contributed by atoms with Crippen molar-refractivity contribution < 1.29 is 19.4 Å². The van der Waals surface area contributed by atoms with E-state index in [-0.39, 0.29) is 12.6 Å². The van der Waals surface area contributed by atoms with Crippen molar-refractivity contribution in [2.75, 3.05) is 45.9 Å². The van der Waals surface area contributed by atoms with Crippen LogP contribution in [-0.2, 0) is 9.53 Å². The molecule has 0 aromatic carbocycles. The van der Waals surface area contributed by atoms with Crippen LogP contribution in [0, 0.1) is 0 Å². The van der Waals surface area contributed by atoms with Crippen LogP contribution < -0.4 is 5.32 Å². The van der Waals surface area contributed by atoms with E-state index in [9.17, 15) is 9.59 Å². The van der Waals surface area contributed by atoms with Crippen molar-refractivity contribution in [2.24, 2.45) is 0 Å². The summed E-state index contributed by atoms with van der Waals surface area (Å²) < 4.78 is 5.25. The van der Waals surface area contributed by atoms with Crippen molar-refractivity contribution in [1.29, 1.82) is 0 Å². The molecule has 0 bridgehead atoms. The molecule has 0 unspecified atom stereocenters. The third-order valence-corrected chi connectivity index (χ3v) is 3.16. The average molecular weight is 287 g/mol. The molecule has 7 nitrogen and oxygen atoms in total. The number of carbonyl (C=O) groups excluding carboxylic acids is 1. The predicted molar refractivity (Wildman–Crippen MR) is 74.8 cm³/mol. The first-order valence-corrected chi connectivity index (χ1v) is 6.88. The van der Waals surface area contributed by atoms with Gasteiger partial charge < -0.3 is 20.1 Å². The summed E-state index contributed by atoms with van der Waals surface area (Å²) in [6.07, 6.45) is 0. The van der Waals surface area contributed by atoms with Crippen molar-refractivity contribution in [1.82, 2.24) is 15.1 Å². The second kappa shape index (κ2) is 7.44. The van der Waals surface area contributed by atoms with E-state index in [0.29, 0.717) is 6.54 Å². The molecular weight excluding hydrogens is 262 g/mol. The van der Waals surface area contributed by atoms with Gasteiger partial charge in [0.15, 0.2) is 0 Å². The normalized spacial score (nSPS) is 16.8. The van der Waals surface area contributed by atoms with Gasteiger partial charge in [0.2, 0.25) is 0 Å². The Morgan fingerprint density at radius 2 is 1.90 bits per heavy atom. The van der Waals surface area contributed by atoms with Crippen molar-refractivity contribution in [3.05, 3.63) is 0 Å². The molecule has 0 radical (unpaired) electrons. The first-order valence-electron chi connectivity index (χ1n) is 6.88. The number of carboxylic acid groups (broad SMARTS) is 1. The molecule has 7 heteroatoms. The maximum atomic E-state index is 12.1. The number of nitrogens with zero attached hydrogens (tertiary/aromatic N) is 2. The number of ether oxygens (including phenoxy) is 1. The SMILES string of the molecule is CC(C)(C)N(CC(=O)O)C(=O)NCCN1CCOCC1.